The Hall–Kier alpha value is -4.20. The molecule has 3 rings (SSSR count). The van der Waals surface area contributed by atoms with Crippen LogP contribution in [0.25, 0.3) is 21.8 Å². The van der Waals surface area contributed by atoms with Gasteiger partial charge in [0, 0.05) is 35.6 Å². The molecule has 2 aromatic heterocycles. The minimum Gasteiger partial charge on any atom is -0.512 e. The van der Waals surface area contributed by atoms with Gasteiger partial charge in [0.2, 0.25) is 0 Å². The third-order valence-electron chi connectivity index (χ3n) is 4.76. The molecule has 8 heteroatoms. The minimum atomic E-state index is -0.346. The second kappa shape index (κ2) is 9.30. The Balaban J connectivity index is 2.41. The number of Topliss-reactive ketones (excluding diaryl/α,β-unsaturated/α-hetero) is 2. The van der Waals surface area contributed by atoms with Crippen LogP contribution < -0.4 is 0 Å². The number of pyridine rings is 2. The molecule has 0 atom stereocenters. The van der Waals surface area contributed by atoms with E-state index < -0.39 is 0 Å². The molecule has 0 aliphatic heterocycles. The molecule has 0 amide bonds. The van der Waals surface area contributed by atoms with Crippen molar-refractivity contribution in [1.29, 1.82) is 0 Å². The number of carbonyl (C=O) groups is 2. The van der Waals surface area contributed by atoms with Gasteiger partial charge in [0.05, 0.1) is 33.6 Å². The van der Waals surface area contributed by atoms with Gasteiger partial charge in [-0.15, -0.1) is 0 Å². The molecule has 2 N–H and O–H groups in total. The first-order valence-corrected chi connectivity index (χ1v) is 9.77. The van der Waals surface area contributed by atoms with E-state index in [1.807, 2.05) is 0 Å². The van der Waals surface area contributed by atoms with Gasteiger partial charge in [-0.25, -0.2) is 0 Å². The highest BCUT2D eigenvalue weighted by Gasteiger charge is 2.16. The number of ketones is 2. The lowest BCUT2D eigenvalue weighted by molar-refractivity contribution is -0.114. The summed E-state index contributed by atoms with van der Waals surface area (Å²) in [7, 11) is 0. The van der Waals surface area contributed by atoms with Gasteiger partial charge in [0.15, 0.2) is 11.6 Å². The third-order valence-corrected chi connectivity index (χ3v) is 4.76. The number of carbonyl (C=O) groups excluding carboxylic acids is 2. The van der Waals surface area contributed by atoms with Crippen LogP contribution >= 0.6 is 0 Å². The Labute approximate surface area is 184 Å². The molecule has 0 unspecified atom stereocenters. The number of nitrogens with zero attached hydrogens (tertiary/aromatic N) is 4. The lowest BCUT2D eigenvalue weighted by Crippen LogP contribution is -2.02. The van der Waals surface area contributed by atoms with Crippen LogP contribution in [0.2, 0.25) is 0 Å². The molecule has 0 radical (unpaired) electrons. The van der Waals surface area contributed by atoms with Crippen LogP contribution in [-0.2, 0) is 9.59 Å². The highest BCUT2D eigenvalue weighted by Crippen LogP contribution is 2.42. The van der Waals surface area contributed by atoms with Crippen LogP contribution in [0.4, 0.5) is 11.4 Å². The normalized spacial score (nSPS) is 13.6. The molecule has 0 fully saturated rings. The molecule has 0 aliphatic carbocycles. The molecule has 162 valence electrons. The summed E-state index contributed by atoms with van der Waals surface area (Å²) in [6.07, 6.45) is 5.83. The number of rotatable bonds is 6. The SMILES string of the molecule is CC(=O)/C(C=Nc1c(N=C/C(C(C)=O)=C(\C)O)c2cccnc2c2ncccc12)=C(/C)O. The van der Waals surface area contributed by atoms with E-state index in [1.54, 1.807) is 36.7 Å². The second-order valence-corrected chi connectivity index (χ2v) is 7.12. The number of aromatic nitrogens is 2. The smallest absolute Gasteiger partial charge is 0.164 e. The Morgan fingerprint density at radius 2 is 1.12 bits per heavy atom. The highest BCUT2D eigenvalue weighted by molar-refractivity contribution is 6.20. The van der Waals surface area contributed by atoms with Crippen LogP contribution in [0.15, 0.2) is 69.3 Å². The van der Waals surface area contributed by atoms with Gasteiger partial charge in [-0.1, -0.05) is 0 Å². The van der Waals surface area contributed by atoms with Crippen molar-refractivity contribution in [3.63, 3.8) is 0 Å². The molecule has 8 nitrogen and oxygen atoms in total. The molecule has 1 aromatic carbocycles. The number of aliphatic imine (C=N–C) groups is 2. The van der Waals surface area contributed by atoms with Crippen molar-refractivity contribution in [2.45, 2.75) is 27.7 Å². The fourth-order valence-electron chi connectivity index (χ4n) is 3.22. The maximum absolute atomic E-state index is 11.9. The summed E-state index contributed by atoms with van der Waals surface area (Å²) in [5.41, 5.74) is 2.04. The summed E-state index contributed by atoms with van der Waals surface area (Å²) in [5.74, 6) is -1.01. The molecular weight excluding hydrogens is 408 g/mol. The predicted molar refractivity (Wildman–Crippen MR) is 125 cm³/mol. The summed E-state index contributed by atoms with van der Waals surface area (Å²) in [6.45, 7) is 5.47. The lowest BCUT2D eigenvalue weighted by Gasteiger charge is -2.11. The first-order chi connectivity index (χ1) is 15.2. The molecule has 0 saturated heterocycles. The summed E-state index contributed by atoms with van der Waals surface area (Å²) < 4.78 is 0. The molecule has 0 bridgehead atoms. The zero-order valence-corrected chi connectivity index (χ0v) is 18.1. The second-order valence-electron chi connectivity index (χ2n) is 7.12. The van der Waals surface area contributed by atoms with Gasteiger partial charge in [-0.05, 0) is 52.0 Å². The molecule has 0 saturated carbocycles. The average Bonchev–Trinajstić information content (AvgIpc) is 2.74. The van der Waals surface area contributed by atoms with Crippen LogP contribution in [0, 0.1) is 0 Å². The molecule has 32 heavy (non-hydrogen) atoms. The number of hydrogen-bond donors (Lipinski definition) is 2. The Morgan fingerprint density at radius 3 is 1.44 bits per heavy atom. The van der Waals surface area contributed by atoms with E-state index in [-0.39, 0.29) is 34.2 Å². The van der Waals surface area contributed by atoms with Crippen molar-refractivity contribution in [3.8, 4) is 0 Å². The van der Waals surface area contributed by atoms with Crippen LogP contribution in [0.3, 0.4) is 0 Å². The van der Waals surface area contributed by atoms with Crippen LogP contribution in [0.5, 0.6) is 0 Å². The topological polar surface area (TPSA) is 125 Å². The fourth-order valence-corrected chi connectivity index (χ4v) is 3.22. The van der Waals surface area contributed by atoms with Gasteiger partial charge in [-0.2, -0.15) is 0 Å². The minimum absolute atomic E-state index is 0.0544. The van der Waals surface area contributed by atoms with Gasteiger partial charge >= 0.3 is 0 Å². The Morgan fingerprint density at radius 1 is 0.750 bits per heavy atom. The molecule has 3 aromatic rings. The quantitative estimate of drug-likeness (QED) is 0.244. The first kappa shape index (κ1) is 22.5. The number of aliphatic hydroxyl groups is 2. The monoisotopic (exact) mass is 430 g/mol. The average molecular weight is 430 g/mol. The Kier molecular flexibility index (Phi) is 6.53. The maximum Gasteiger partial charge on any atom is 0.164 e. The van der Waals surface area contributed by atoms with E-state index in [1.165, 1.54) is 40.1 Å². The first-order valence-electron chi connectivity index (χ1n) is 9.77. The number of aliphatic hydroxyl groups excluding tert-OH is 2. The zero-order chi connectivity index (χ0) is 23.4. The van der Waals surface area contributed by atoms with Gasteiger partial charge in [0.25, 0.3) is 0 Å². The number of allylic oxidation sites excluding steroid dienone is 4. The van der Waals surface area contributed by atoms with Crippen LogP contribution in [-0.4, -0.2) is 44.2 Å². The molecular formula is C24H22N4O4. The maximum atomic E-state index is 11.9. The van der Waals surface area contributed by atoms with Gasteiger partial charge in [0.1, 0.15) is 11.5 Å². The molecule has 0 spiro atoms. The van der Waals surface area contributed by atoms with Crippen molar-refractivity contribution >= 4 is 57.2 Å². The zero-order valence-electron chi connectivity index (χ0n) is 18.1. The number of fused-ring (bicyclic) bond motifs is 3. The summed E-state index contributed by atoms with van der Waals surface area (Å²) in [6, 6.07) is 7.07. The van der Waals surface area contributed by atoms with E-state index >= 15 is 0 Å². The lowest BCUT2D eigenvalue weighted by atomic mass is 10.1. The predicted octanol–water partition coefficient (Wildman–Crippen LogP) is 5.03. The fraction of sp³-hybridized carbons (Fsp3) is 0.167. The number of hydrogen-bond acceptors (Lipinski definition) is 8. The van der Waals surface area contributed by atoms with Crippen molar-refractivity contribution in [1.82, 2.24) is 9.97 Å². The number of benzene rings is 1. The standard InChI is InChI=1S/C24H22N4O4/c1-13(29)19(14(2)30)11-27-23-17-7-5-9-25-21(17)22-18(8-6-10-26-22)24(23)28-12-20(15(3)31)16(4)32/h5-12,29,31H,1-4H3/b19-13-,20-15-,27-11?,28-12?. The van der Waals surface area contributed by atoms with Crippen molar-refractivity contribution in [3.05, 3.63) is 59.3 Å². The molecule has 0 aliphatic rings. The largest absolute Gasteiger partial charge is 0.512 e. The van der Waals surface area contributed by atoms with Crippen molar-refractivity contribution < 1.29 is 19.8 Å². The summed E-state index contributed by atoms with van der Waals surface area (Å²) in [4.78, 5) is 41.7. The molecule has 2 heterocycles. The summed E-state index contributed by atoms with van der Waals surface area (Å²) >= 11 is 0. The van der Waals surface area contributed by atoms with Crippen molar-refractivity contribution in [2.24, 2.45) is 9.98 Å². The van der Waals surface area contributed by atoms with E-state index in [0.717, 1.165) is 0 Å². The van der Waals surface area contributed by atoms with Crippen molar-refractivity contribution in [2.75, 3.05) is 0 Å². The summed E-state index contributed by atoms with van der Waals surface area (Å²) in [5, 5.41) is 21.0. The third kappa shape index (κ3) is 4.44. The van der Waals surface area contributed by atoms with E-state index in [0.29, 0.717) is 33.2 Å². The van der Waals surface area contributed by atoms with E-state index in [9.17, 15) is 19.8 Å². The highest BCUT2D eigenvalue weighted by atomic mass is 16.3. The van der Waals surface area contributed by atoms with E-state index in [4.69, 9.17) is 0 Å². The van der Waals surface area contributed by atoms with Gasteiger partial charge < -0.3 is 10.2 Å². The Bertz CT molecular complexity index is 1250. The van der Waals surface area contributed by atoms with Gasteiger partial charge in [-0.3, -0.25) is 29.5 Å². The van der Waals surface area contributed by atoms with Crippen LogP contribution in [0.1, 0.15) is 27.7 Å². The van der Waals surface area contributed by atoms with E-state index in [2.05, 4.69) is 20.0 Å².